The highest BCUT2D eigenvalue weighted by molar-refractivity contribution is 5.84. The SMILES string of the molecule is O=C(CCC(=O)N1CCN(Cc2cccc(O)c2)CC1)N1CCOCC1. The minimum absolute atomic E-state index is 0.0455. The molecule has 142 valence electrons. The Hall–Kier alpha value is -2.12. The fraction of sp³-hybridized carbons (Fsp3) is 0.579. The molecule has 26 heavy (non-hydrogen) atoms. The summed E-state index contributed by atoms with van der Waals surface area (Å²) in [7, 11) is 0. The van der Waals surface area contributed by atoms with E-state index in [0.717, 1.165) is 25.2 Å². The maximum absolute atomic E-state index is 12.4. The normalized spacial score (nSPS) is 18.8. The maximum Gasteiger partial charge on any atom is 0.223 e. The summed E-state index contributed by atoms with van der Waals surface area (Å²) in [5, 5.41) is 9.55. The van der Waals surface area contributed by atoms with Gasteiger partial charge in [0.15, 0.2) is 0 Å². The van der Waals surface area contributed by atoms with Crippen molar-refractivity contribution in [1.82, 2.24) is 14.7 Å². The number of carbonyl (C=O) groups excluding carboxylic acids is 2. The van der Waals surface area contributed by atoms with Crippen LogP contribution in [-0.4, -0.2) is 84.1 Å². The fourth-order valence-electron chi connectivity index (χ4n) is 3.41. The Bertz CT molecular complexity index is 623. The van der Waals surface area contributed by atoms with Gasteiger partial charge in [0.2, 0.25) is 11.8 Å². The van der Waals surface area contributed by atoms with Crippen molar-refractivity contribution in [2.45, 2.75) is 19.4 Å². The zero-order valence-electron chi connectivity index (χ0n) is 15.1. The van der Waals surface area contributed by atoms with E-state index in [2.05, 4.69) is 4.90 Å². The van der Waals surface area contributed by atoms with Crippen LogP contribution in [0.15, 0.2) is 24.3 Å². The first-order valence-electron chi connectivity index (χ1n) is 9.25. The monoisotopic (exact) mass is 361 g/mol. The van der Waals surface area contributed by atoms with Gasteiger partial charge in [0.05, 0.1) is 13.2 Å². The Kier molecular flexibility index (Phi) is 6.46. The summed E-state index contributed by atoms with van der Waals surface area (Å²) in [4.78, 5) is 30.4. The average Bonchev–Trinajstić information content (AvgIpc) is 2.67. The molecule has 0 unspecified atom stereocenters. The number of morpholine rings is 1. The van der Waals surface area contributed by atoms with Crippen molar-refractivity contribution in [3.8, 4) is 5.75 Å². The number of benzene rings is 1. The molecule has 2 aliphatic heterocycles. The molecule has 7 nitrogen and oxygen atoms in total. The molecule has 3 rings (SSSR count). The highest BCUT2D eigenvalue weighted by Crippen LogP contribution is 2.15. The lowest BCUT2D eigenvalue weighted by molar-refractivity contribution is -0.140. The zero-order valence-corrected chi connectivity index (χ0v) is 15.1. The lowest BCUT2D eigenvalue weighted by Gasteiger charge is -2.35. The Morgan fingerprint density at radius 2 is 1.54 bits per heavy atom. The molecule has 1 aromatic carbocycles. The van der Waals surface area contributed by atoms with Gasteiger partial charge < -0.3 is 19.6 Å². The minimum Gasteiger partial charge on any atom is -0.508 e. The molecule has 0 spiro atoms. The summed E-state index contributed by atoms with van der Waals surface area (Å²) in [6.45, 7) is 6.17. The maximum atomic E-state index is 12.4. The number of ether oxygens (including phenoxy) is 1. The molecule has 0 saturated carbocycles. The van der Waals surface area contributed by atoms with E-state index in [4.69, 9.17) is 4.74 Å². The molecular formula is C19H27N3O4. The molecule has 0 aliphatic carbocycles. The standard InChI is InChI=1S/C19H27N3O4/c23-17-3-1-2-16(14-17)15-20-6-8-21(9-7-20)18(24)4-5-19(25)22-10-12-26-13-11-22/h1-3,14,23H,4-13,15H2. The zero-order chi connectivity index (χ0) is 18.4. The molecule has 2 fully saturated rings. The summed E-state index contributed by atoms with van der Waals surface area (Å²) >= 11 is 0. The van der Waals surface area contributed by atoms with Crippen molar-refractivity contribution in [1.29, 1.82) is 0 Å². The number of rotatable bonds is 5. The van der Waals surface area contributed by atoms with Crippen LogP contribution >= 0.6 is 0 Å². The third-order valence-corrected chi connectivity index (χ3v) is 4.96. The van der Waals surface area contributed by atoms with E-state index < -0.39 is 0 Å². The smallest absolute Gasteiger partial charge is 0.223 e. The van der Waals surface area contributed by atoms with Gasteiger partial charge in [-0.1, -0.05) is 12.1 Å². The predicted octanol–water partition coefficient (Wildman–Crippen LogP) is 0.675. The number of piperazine rings is 1. The van der Waals surface area contributed by atoms with E-state index in [1.165, 1.54) is 0 Å². The van der Waals surface area contributed by atoms with Gasteiger partial charge >= 0.3 is 0 Å². The van der Waals surface area contributed by atoms with Gasteiger partial charge in [-0.3, -0.25) is 14.5 Å². The van der Waals surface area contributed by atoms with Crippen LogP contribution in [-0.2, 0) is 20.9 Å². The van der Waals surface area contributed by atoms with Gasteiger partial charge in [-0.05, 0) is 17.7 Å². The van der Waals surface area contributed by atoms with Crippen molar-refractivity contribution in [2.75, 3.05) is 52.5 Å². The number of hydrogen-bond acceptors (Lipinski definition) is 5. The Morgan fingerprint density at radius 1 is 0.923 bits per heavy atom. The van der Waals surface area contributed by atoms with Crippen LogP contribution in [0.2, 0.25) is 0 Å². The van der Waals surface area contributed by atoms with Crippen LogP contribution in [0.3, 0.4) is 0 Å². The highest BCUT2D eigenvalue weighted by Gasteiger charge is 2.23. The van der Waals surface area contributed by atoms with E-state index in [1.54, 1.807) is 17.0 Å². The lowest BCUT2D eigenvalue weighted by Crippen LogP contribution is -2.48. The summed E-state index contributed by atoms with van der Waals surface area (Å²) in [5.74, 6) is 0.383. The van der Waals surface area contributed by atoms with Gasteiger partial charge in [0, 0.05) is 58.7 Å². The molecule has 0 aromatic heterocycles. The van der Waals surface area contributed by atoms with Crippen LogP contribution in [0.1, 0.15) is 18.4 Å². The van der Waals surface area contributed by atoms with Crippen molar-refractivity contribution in [3.05, 3.63) is 29.8 Å². The summed E-state index contributed by atoms with van der Waals surface area (Å²) in [6, 6.07) is 7.28. The molecule has 2 saturated heterocycles. The predicted molar refractivity (Wildman–Crippen MR) is 96.6 cm³/mol. The van der Waals surface area contributed by atoms with Gasteiger partial charge in [0.25, 0.3) is 0 Å². The molecule has 7 heteroatoms. The fourth-order valence-corrected chi connectivity index (χ4v) is 3.41. The number of phenols is 1. The number of carbonyl (C=O) groups is 2. The topological polar surface area (TPSA) is 73.3 Å². The molecule has 2 aliphatic rings. The van der Waals surface area contributed by atoms with Gasteiger partial charge in [-0.15, -0.1) is 0 Å². The number of amides is 2. The molecule has 1 N–H and O–H groups in total. The van der Waals surface area contributed by atoms with E-state index in [0.29, 0.717) is 39.4 Å². The van der Waals surface area contributed by atoms with Crippen molar-refractivity contribution >= 4 is 11.8 Å². The van der Waals surface area contributed by atoms with Crippen LogP contribution < -0.4 is 0 Å². The second kappa shape index (κ2) is 9.00. The number of aromatic hydroxyl groups is 1. The number of phenolic OH excluding ortho intramolecular Hbond substituents is 1. The molecule has 0 atom stereocenters. The summed E-state index contributed by atoms with van der Waals surface area (Å²) in [6.07, 6.45) is 0.561. The molecule has 0 bridgehead atoms. The second-order valence-electron chi connectivity index (χ2n) is 6.82. The highest BCUT2D eigenvalue weighted by atomic mass is 16.5. The number of hydrogen-bond donors (Lipinski definition) is 1. The summed E-state index contributed by atoms with van der Waals surface area (Å²) in [5.41, 5.74) is 1.07. The molecular weight excluding hydrogens is 334 g/mol. The molecule has 2 heterocycles. The molecule has 1 aromatic rings. The first-order valence-corrected chi connectivity index (χ1v) is 9.25. The first kappa shape index (κ1) is 18.7. The molecule has 0 radical (unpaired) electrons. The van der Waals surface area contributed by atoms with E-state index in [1.807, 2.05) is 17.0 Å². The van der Waals surface area contributed by atoms with Crippen molar-refractivity contribution in [2.24, 2.45) is 0 Å². The first-order chi connectivity index (χ1) is 12.6. The Balaban J connectivity index is 1.38. The van der Waals surface area contributed by atoms with Gasteiger partial charge in [0.1, 0.15) is 5.75 Å². The average molecular weight is 361 g/mol. The van der Waals surface area contributed by atoms with Gasteiger partial charge in [-0.2, -0.15) is 0 Å². The third-order valence-electron chi connectivity index (χ3n) is 4.96. The van der Waals surface area contributed by atoms with Crippen LogP contribution in [0.5, 0.6) is 5.75 Å². The second-order valence-corrected chi connectivity index (χ2v) is 6.82. The van der Waals surface area contributed by atoms with E-state index >= 15 is 0 Å². The van der Waals surface area contributed by atoms with Gasteiger partial charge in [-0.25, -0.2) is 0 Å². The van der Waals surface area contributed by atoms with Crippen LogP contribution in [0.4, 0.5) is 0 Å². The van der Waals surface area contributed by atoms with Crippen LogP contribution in [0, 0.1) is 0 Å². The Morgan fingerprint density at radius 3 is 2.15 bits per heavy atom. The summed E-state index contributed by atoms with van der Waals surface area (Å²) < 4.78 is 5.24. The quantitative estimate of drug-likeness (QED) is 0.835. The van der Waals surface area contributed by atoms with Crippen molar-refractivity contribution < 1.29 is 19.4 Å². The van der Waals surface area contributed by atoms with Crippen LogP contribution in [0.25, 0.3) is 0 Å². The lowest BCUT2D eigenvalue weighted by atomic mass is 10.1. The number of nitrogens with zero attached hydrogens (tertiary/aromatic N) is 3. The van der Waals surface area contributed by atoms with E-state index in [9.17, 15) is 14.7 Å². The third kappa shape index (κ3) is 5.19. The Labute approximate surface area is 154 Å². The molecule has 2 amide bonds. The minimum atomic E-state index is 0.0455. The van der Waals surface area contributed by atoms with Crippen molar-refractivity contribution in [3.63, 3.8) is 0 Å². The largest absolute Gasteiger partial charge is 0.508 e. The van der Waals surface area contributed by atoms with E-state index in [-0.39, 0.29) is 30.4 Å².